The number of carbonyl (C=O) groups is 3. The number of nitrogens with one attached hydrogen (secondary N) is 1. The summed E-state index contributed by atoms with van der Waals surface area (Å²) in [4.78, 5) is 37.7. The lowest BCUT2D eigenvalue weighted by Gasteiger charge is -2.37. The number of likely N-dealkylation sites (tertiary alicyclic amines) is 1. The van der Waals surface area contributed by atoms with Crippen LogP contribution in [0.3, 0.4) is 0 Å². The van der Waals surface area contributed by atoms with Crippen LogP contribution in [0.4, 0.5) is 0 Å². The Labute approximate surface area is 177 Å². The first kappa shape index (κ1) is 22.4. The molecule has 0 bridgehead atoms. The quantitative estimate of drug-likeness (QED) is 0.705. The number of Topliss-reactive ketones (excluding diaryl/α,β-unsaturated/α-hetero) is 1. The number of benzene rings is 1. The topological polar surface area (TPSA) is 104 Å². The van der Waals surface area contributed by atoms with Crippen molar-refractivity contribution < 1.29 is 22.8 Å². The zero-order chi connectivity index (χ0) is 21.9. The normalized spacial score (nSPS) is 21.3. The van der Waals surface area contributed by atoms with Gasteiger partial charge in [0.15, 0.2) is 5.78 Å². The highest BCUT2D eigenvalue weighted by atomic mass is 32.2. The lowest BCUT2D eigenvalue weighted by Crippen LogP contribution is -2.52. The van der Waals surface area contributed by atoms with E-state index in [-0.39, 0.29) is 47.5 Å². The van der Waals surface area contributed by atoms with E-state index in [4.69, 9.17) is 0 Å². The van der Waals surface area contributed by atoms with Crippen molar-refractivity contribution in [2.45, 2.75) is 50.5 Å². The molecule has 1 aromatic rings. The Kier molecular flexibility index (Phi) is 6.92. The summed E-state index contributed by atoms with van der Waals surface area (Å²) in [7, 11) is -3.71. The molecule has 1 aromatic carbocycles. The summed E-state index contributed by atoms with van der Waals surface area (Å²) in [6.45, 7) is 4.60. The number of sulfonamides is 1. The molecule has 30 heavy (non-hydrogen) atoms. The van der Waals surface area contributed by atoms with Crippen molar-refractivity contribution >= 4 is 27.6 Å². The molecule has 0 unspecified atom stereocenters. The van der Waals surface area contributed by atoms with E-state index in [2.05, 4.69) is 5.32 Å². The maximum atomic E-state index is 13.0. The summed E-state index contributed by atoms with van der Waals surface area (Å²) in [6, 6.07) is 6.05. The van der Waals surface area contributed by atoms with Gasteiger partial charge in [0.05, 0.1) is 4.90 Å². The summed E-state index contributed by atoms with van der Waals surface area (Å²) in [5.41, 5.74) is 0.361. The Hall–Kier alpha value is -2.26. The van der Waals surface area contributed by atoms with E-state index in [1.807, 2.05) is 0 Å². The Balaban J connectivity index is 1.61. The first-order chi connectivity index (χ1) is 14.2. The van der Waals surface area contributed by atoms with E-state index in [0.717, 1.165) is 12.8 Å². The van der Waals surface area contributed by atoms with Gasteiger partial charge in [0.25, 0.3) is 0 Å². The van der Waals surface area contributed by atoms with Crippen molar-refractivity contribution in [3.8, 4) is 0 Å². The highest BCUT2D eigenvalue weighted by Crippen LogP contribution is 2.26. The number of piperidine rings is 2. The lowest BCUT2D eigenvalue weighted by molar-refractivity contribution is -0.138. The van der Waals surface area contributed by atoms with Gasteiger partial charge >= 0.3 is 0 Å². The smallest absolute Gasteiger partial charge is 0.243 e. The van der Waals surface area contributed by atoms with E-state index >= 15 is 0 Å². The first-order valence-corrected chi connectivity index (χ1v) is 11.8. The monoisotopic (exact) mass is 435 g/mol. The summed E-state index contributed by atoms with van der Waals surface area (Å²) >= 11 is 0. The number of ketones is 1. The second-order valence-electron chi connectivity index (χ2n) is 8.09. The van der Waals surface area contributed by atoms with Crippen LogP contribution in [0.15, 0.2) is 29.2 Å². The molecule has 1 N–H and O–H groups in total. The maximum absolute atomic E-state index is 13.0. The summed E-state index contributed by atoms with van der Waals surface area (Å²) in [5.74, 6) is -0.450. The van der Waals surface area contributed by atoms with Gasteiger partial charge in [-0.3, -0.25) is 14.4 Å². The van der Waals surface area contributed by atoms with Crippen LogP contribution in [0.1, 0.15) is 49.9 Å². The number of rotatable bonds is 5. The molecule has 1 atom stereocenters. The molecular formula is C21H29N3O5S. The molecule has 0 radical (unpaired) electrons. The molecule has 2 amide bonds. The van der Waals surface area contributed by atoms with Crippen LogP contribution < -0.4 is 5.32 Å². The fourth-order valence-corrected chi connectivity index (χ4v) is 5.72. The molecule has 0 aromatic heterocycles. The molecule has 8 nitrogen and oxygen atoms in total. The van der Waals surface area contributed by atoms with Gasteiger partial charge in [0, 0.05) is 50.6 Å². The molecule has 9 heteroatoms. The van der Waals surface area contributed by atoms with Crippen molar-refractivity contribution in [3.63, 3.8) is 0 Å². The zero-order valence-electron chi connectivity index (χ0n) is 17.5. The first-order valence-electron chi connectivity index (χ1n) is 10.4. The van der Waals surface area contributed by atoms with Crippen LogP contribution in [0, 0.1) is 5.92 Å². The molecule has 2 heterocycles. The predicted molar refractivity (Wildman–Crippen MR) is 111 cm³/mol. The minimum atomic E-state index is -3.71. The maximum Gasteiger partial charge on any atom is 0.243 e. The van der Waals surface area contributed by atoms with E-state index in [9.17, 15) is 22.8 Å². The molecule has 0 spiro atoms. The molecule has 164 valence electrons. The summed E-state index contributed by atoms with van der Waals surface area (Å²) < 4.78 is 27.3. The van der Waals surface area contributed by atoms with Crippen LogP contribution in [0.5, 0.6) is 0 Å². The van der Waals surface area contributed by atoms with Crippen molar-refractivity contribution in [2.75, 3.05) is 26.2 Å². The van der Waals surface area contributed by atoms with Gasteiger partial charge in [-0.15, -0.1) is 0 Å². The highest BCUT2D eigenvalue weighted by molar-refractivity contribution is 7.89. The SMILES string of the molecule is CC(=O)N[C@H]1CCCN(C(=O)C2CCN(S(=O)(=O)c3cccc(C(C)=O)c3)CC2)C1. The second kappa shape index (κ2) is 9.26. The average Bonchev–Trinajstić information content (AvgIpc) is 2.73. The predicted octanol–water partition coefficient (Wildman–Crippen LogP) is 1.42. The zero-order valence-corrected chi connectivity index (χ0v) is 18.3. The van der Waals surface area contributed by atoms with Crippen LogP contribution >= 0.6 is 0 Å². The Morgan fingerprint density at radius 3 is 2.37 bits per heavy atom. The lowest BCUT2D eigenvalue weighted by atomic mass is 9.95. The van der Waals surface area contributed by atoms with E-state index in [1.54, 1.807) is 17.0 Å². The molecule has 2 aliphatic heterocycles. The average molecular weight is 436 g/mol. The van der Waals surface area contributed by atoms with Gasteiger partial charge < -0.3 is 10.2 Å². The Morgan fingerprint density at radius 2 is 1.73 bits per heavy atom. The van der Waals surface area contributed by atoms with Crippen LogP contribution in [0.2, 0.25) is 0 Å². The Bertz CT molecular complexity index is 922. The summed E-state index contributed by atoms with van der Waals surface area (Å²) in [6.07, 6.45) is 2.63. The largest absolute Gasteiger partial charge is 0.352 e. The fraction of sp³-hybridized carbons (Fsp3) is 0.571. The van der Waals surface area contributed by atoms with Crippen molar-refractivity contribution in [2.24, 2.45) is 5.92 Å². The van der Waals surface area contributed by atoms with Crippen molar-refractivity contribution in [1.82, 2.24) is 14.5 Å². The van der Waals surface area contributed by atoms with Gasteiger partial charge in [0.1, 0.15) is 0 Å². The molecule has 2 fully saturated rings. The van der Waals surface area contributed by atoms with Gasteiger partial charge in [-0.1, -0.05) is 12.1 Å². The third kappa shape index (κ3) is 5.07. The molecule has 2 aliphatic rings. The van der Waals surface area contributed by atoms with E-state index in [1.165, 1.54) is 30.3 Å². The van der Waals surface area contributed by atoms with Gasteiger partial charge in [-0.2, -0.15) is 4.31 Å². The molecule has 0 saturated carbocycles. The van der Waals surface area contributed by atoms with E-state index < -0.39 is 10.0 Å². The molecule has 0 aliphatic carbocycles. The minimum Gasteiger partial charge on any atom is -0.352 e. The number of carbonyl (C=O) groups excluding carboxylic acids is 3. The minimum absolute atomic E-state index is 0.0192. The number of hydrogen-bond acceptors (Lipinski definition) is 5. The van der Waals surface area contributed by atoms with Gasteiger partial charge in [0.2, 0.25) is 21.8 Å². The molecular weight excluding hydrogens is 406 g/mol. The van der Waals surface area contributed by atoms with Crippen LogP contribution in [0.25, 0.3) is 0 Å². The number of amides is 2. The fourth-order valence-electron chi connectivity index (χ4n) is 4.21. The third-order valence-corrected chi connectivity index (χ3v) is 7.72. The van der Waals surface area contributed by atoms with E-state index in [0.29, 0.717) is 31.5 Å². The second-order valence-corrected chi connectivity index (χ2v) is 10.0. The van der Waals surface area contributed by atoms with Crippen molar-refractivity contribution in [1.29, 1.82) is 0 Å². The van der Waals surface area contributed by atoms with Crippen LogP contribution in [-0.4, -0.2) is 67.4 Å². The highest BCUT2D eigenvalue weighted by Gasteiger charge is 2.35. The van der Waals surface area contributed by atoms with Crippen molar-refractivity contribution in [3.05, 3.63) is 29.8 Å². The number of hydrogen-bond donors (Lipinski definition) is 1. The Morgan fingerprint density at radius 1 is 1.03 bits per heavy atom. The van der Waals surface area contributed by atoms with Crippen LogP contribution in [-0.2, 0) is 19.6 Å². The third-order valence-electron chi connectivity index (χ3n) is 5.82. The number of nitrogens with zero attached hydrogens (tertiary/aromatic N) is 2. The standard InChI is InChI=1S/C21H29N3O5S/c1-15(25)18-5-3-7-20(13-18)30(28,29)24-11-8-17(9-12-24)21(27)23-10-4-6-19(14-23)22-16(2)26/h3,5,7,13,17,19H,4,6,8-12,14H2,1-2H3,(H,22,26)/t19-/m0/s1. The molecule has 2 saturated heterocycles. The van der Waals surface area contributed by atoms with Gasteiger partial charge in [-0.05, 0) is 44.7 Å². The summed E-state index contributed by atoms with van der Waals surface area (Å²) in [5, 5.41) is 2.88. The molecule has 3 rings (SSSR count). The van der Waals surface area contributed by atoms with Gasteiger partial charge in [-0.25, -0.2) is 8.42 Å².